The zero-order valence-electron chi connectivity index (χ0n) is 13.8. The Bertz CT molecular complexity index is 651. The number of anilines is 1. The maximum Gasteiger partial charge on any atom is 0.0374 e. The lowest BCUT2D eigenvalue weighted by molar-refractivity contribution is 0.567. The average Bonchev–Trinajstić information content (AvgIpc) is 2.48. The molecule has 0 saturated heterocycles. The molecule has 0 saturated carbocycles. The lowest BCUT2D eigenvalue weighted by Crippen LogP contribution is -2.31. The van der Waals surface area contributed by atoms with E-state index in [-0.39, 0.29) is 5.54 Å². The molecule has 0 aromatic heterocycles. The van der Waals surface area contributed by atoms with Crippen LogP contribution in [0.2, 0.25) is 0 Å². The molecular weight excluding hydrogens is 266 g/mol. The molecule has 0 aliphatic rings. The second kappa shape index (κ2) is 7.13. The maximum absolute atomic E-state index is 4.19. The lowest BCUT2D eigenvalue weighted by atomic mass is 9.94. The summed E-state index contributed by atoms with van der Waals surface area (Å²) in [5.41, 5.74) is 4.74. The third-order valence-corrected chi connectivity index (χ3v) is 3.60. The highest BCUT2D eigenvalue weighted by Gasteiger charge is 2.18. The first kappa shape index (κ1) is 16.1. The summed E-state index contributed by atoms with van der Waals surface area (Å²) in [5.74, 6) is 0. The second-order valence-corrected chi connectivity index (χ2v) is 6.40. The van der Waals surface area contributed by atoms with Gasteiger partial charge in [0.15, 0.2) is 0 Å². The van der Waals surface area contributed by atoms with Gasteiger partial charge in [-0.05, 0) is 44.4 Å². The van der Waals surface area contributed by atoms with Crippen molar-refractivity contribution in [2.45, 2.75) is 32.7 Å². The van der Waals surface area contributed by atoms with E-state index in [0.29, 0.717) is 0 Å². The van der Waals surface area contributed by atoms with E-state index in [2.05, 4.69) is 81.2 Å². The third-order valence-electron chi connectivity index (χ3n) is 3.60. The Hall–Kier alpha value is -2.28. The fraction of sp³-hybridized carbons (Fsp3) is 0.238. The van der Waals surface area contributed by atoms with Crippen LogP contribution < -0.4 is 5.32 Å². The van der Waals surface area contributed by atoms with Gasteiger partial charge in [0.25, 0.3) is 0 Å². The van der Waals surface area contributed by atoms with Crippen molar-refractivity contribution in [2.75, 3.05) is 5.32 Å². The predicted octanol–water partition coefficient (Wildman–Crippen LogP) is 5.85. The minimum atomic E-state index is -0.0375. The molecule has 2 aromatic rings. The number of rotatable bonds is 6. The molecule has 0 amide bonds. The molecule has 22 heavy (non-hydrogen) atoms. The molecule has 0 unspecified atom stereocenters. The van der Waals surface area contributed by atoms with Crippen molar-refractivity contribution in [1.29, 1.82) is 0 Å². The molecular formula is C21H25N. The van der Waals surface area contributed by atoms with Gasteiger partial charge in [-0.15, -0.1) is 0 Å². The second-order valence-electron chi connectivity index (χ2n) is 6.40. The van der Waals surface area contributed by atoms with Gasteiger partial charge in [-0.2, -0.15) is 0 Å². The van der Waals surface area contributed by atoms with E-state index < -0.39 is 0 Å². The molecule has 114 valence electrons. The Labute approximate surface area is 134 Å². The molecule has 0 atom stereocenters. The van der Waals surface area contributed by atoms with Gasteiger partial charge in [-0.25, -0.2) is 0 Å². The quantitative estimate of drug-likeness (QED) is 0.659. The summed E-state index contributed by atoms with van der Waals surface area (Å²) in [6, 6.07) is 18.7. The van der Waals surface area contributed by atoms with Gasteiger partial charge in [0.05, 0.1) is 0 Å². The summed E-state index contributed by atoms with van der Waals surface area (Å²) in [4.78, 5) is 0. The Kier molecular flexibility index (Phi) is 5.21. The molecule has 0 heterocycles. The molecule has 0 fully saturated rings. The standard InChI is InChI=1S/C21H25N/c1-17(14-15-19-11-6-5-7-12-19)16-21(3,4)22-20-13-9-8-10-18(20)2/h5-15,22H,1,16H2,2-4H3/b15-14+. The highest BCUT2D eigenvalue weighted by Crippen LogP contribution is 2.24. The normalized spacial score (nSPS) is 11.6. The highest BCUT2D eigenvalue weighted by atomic mass is 15.0. The van der Waals surface area contributed by atoms with Crippen molar-refractivity contribution in [3.8, 4) is 0 Å². The molecule has 1 N–H and O–H groups in total. The maximum atomic E-state index is 4.19. The molecule has 0 aliphatic carbocycles. The van der Waals surface area contributed by atoms with Crippen LogP contribution in [0.25, 0.3) is 6.08 Å². The molecule has 2 rings (SSSR count). The highest BCUT2D eigenvalue weighted by molar-refractivity contribution is 5.54. The number of nitrogens with one attached hydrogen (secondary N) is 1. The predicted molar refractivity (Wildman–Crippen MR) is 98.1 cm³/mol. The summed E-state index contributed by atoms with van der Waals surface area (Å²) in [5, 5.41) is 3.62. The molecule has 0 radical (unpaired) electrons. The fourth-order valence-corrected chi connectivity index (χ4v) is 2.53. The number of hydrogen-bond acceptors (Lipinski definition) is 1. The van der Waals surface area contributed by atoms with Crippen molar-refractivity contribution < 1.29 is 0 Å². The molecule has 0 aliphatic heterocycles. The van der Waals surface area contributed by atoms with Crippen LogP contribution in [0, 0.1) is 6.92 Å². The van der Waals surface area contributed by atoms with Crippen LogP contribution in [-0.2, 0) is 0 Å². The first-order valence-corrected chi connectivity index (χ1v) is 7.71. The van der Waals surface area contributed by atoms with E-state index in [9.17, 15) is 0 Å². The number of benzene rings is 2. The van der Waals surface area contributed by atoms with Crippen LogP contribution in [0.5, 0.6) is 0 Å². The van der Waals surface area contributed by atoms with Crippen LogP contribution in [0.4, 0.5) is 5.69 Å². The van der Waals surface area contributed by atoms with E-state index in [4.69, 9.17) is 0 Å². The zero-order chi connectivity index (χ0) is 16.0. The van der Waals surface area contributed by atoms with E-state index in [1.807, 2.05) is 18.2 Å². The van der Waals surface area contributed by atoms with Gasteiger partial charge in [-0.3, -0.25) is 0 Å². The third kappa shape index (κ3) is 4.92. The number of allylic oxidation sites excluding steroid dienone is 1. The van der Waals surface area contributed by atoms with E-state index in [1.54, 1.807) is 0 Å². The Morgan fingerprint density at radius 3 is 2.36 bits per heavy atom. The van der Waals surface area contributed by atoms with Crippen molar-refractivity contribution in [3.63, 3.8) is 0 Å². The topological polar surface area (TPSA) is 12.0 Å². The van der Waals surface area contributed by atoms with Gasteiger partial charge in [0.1, 0.15) is 0 Å². The largest absolute Gasteiger partial charge is 0.380 e. The first-order chi connectivity index (χ1) is 10.5. The molecule has 1 nitrogen and oxygen atoms in total. The van der Waals surface area contributed by atoms with Gasteiger partial charge in [0, 0.05) is 11.2 Å². The van der Waals surface area contributed by atoms with Gasteiger partial charge < -0.3 is 5.32 Å². The average molecular weight is 291 g/mol. The molecule has 2 aromatic carbocycles. The van der Waals surface area contributed by atoms with Crippen molar-refractivity contribution in [2.24, 2.45) is 0 Å². The summed E-state index contributed by atoms with van der Waals surface area (Å²) in [6.45, 7) is 10.7. The van der Waals surface area contributed by atoms with Gasteiger partial charge in [-0.1, -0.05) is 72.8 Å². The van der Waals surface area contributed by atoms with Crippen LogP contribution in [-0.4, -0.2) is 5.54 Å². The van der Waals surface area contributed by atoms with Crippen LogP contribution >= 0.6 is 0 Å². The zero-order valence-corrected chi connectivity index (χ0v) is 13.8. The summed E-state index contributed by atoms with van der Waals surface area (Å²) in [6.07, 6.45) is 5.12. The number of aryl methyl sites for hydroxylation is 1. The molecule has 0 bridgehead atoms. The number of hydrogen-bond donors (Lipinski definition) is 1. The van der Waals surface area contributed by atoms with E-state index >= 15 is 0 Å². The van der Waals surface area contributed by atoms with Crippen molar-refractivity contribution >= 4 is 11.8 Å². The first-order valence-electron chi connectivity index (χ1n) is 7.71. The minimum absolute atomic E-state index is 0.0375. The molecule has 0 spiro atoms. The SMILES string of the molecule is C=C(/C=C/c1ccccc1)CC(C)(C)Nc1ccccc1C. The van der Waals surface area contributed by atoms with Gasteiger partial charge in [0.2, 0.25) is 0 Å². The van der Waals surface area contributed by atoms with Crippen molar-refractivity contribution in [1.82, 2.24) is 0 Å². The summed E-state index contributed by atoms with van der Waals surface area (Å²) < 4.78 is 0. The Morgan fingerprint density at radius 1 is 1.05 bits per heavy atom. The van der Waals surface area contributed by atoms with Crippen LogP contribution in [0.1, 0.15) is 31.4 Å². The minimum Gasteiger partial charge on any atom is -0.380 e. The molecule has 1 heteroatoms. The smallest absolute Gasteiger partial charge is 0.0374 e. The Balaban J connectivity index is 1.98. The summed E-state index contributed by atoms with van der Waals surface area (Å²) >= 11 is 0. The monoisotopic (exact) mass is 291 g/mol. The van der Waals surface area contributed by atoms with Gasteiger partial charge >= 0.3 is 0 Å². The fourth-order valence-electron chi connectivity index (χ4n) is 2.53. The van der Waals surface area contributed by atoms with Crippen LogP contribution in [0.15, 0.2) is 72.8 Å². The van der Waals surface area contributed by atoms with Crippen molar-refractivity contribution in [3.05, 3.63) is 84.0 Å². The lowest BCUT2D eigenvalue weighted by Gasteiger charge is -2.29. The van der Waals surface area contributed by atoms with E-state index in [1.165, 1.54) is 16.8 Å². The number of para-hydroxylation sites is 1. The van der Waals surface area contributed by atoms with E-state index in [0.717, 1.165) is 12.0 Å². The Morgan fingerprint density at radius 2 is 1.68 bits per heavy atom. The summed E-state index contributed by atoms with van der Waals surface area (Å²) in [7, 11) is 0. The van der Waals surface area contributed by atoms with Crippen LogP contribution in [0.3, 0.4) is 0 Å².